The van der Waals surface area contributed by atoms with Crippen LogP contribution in [0.5, 0.6) is 5.75 Å². The molecular weight excluding hydrogens is 246 g/mol. The minimum absolute atomic E-state index is 0.234. The molecule has 1 atom stereocenters. The molecule has 0 spiro atoms. The summed E-state index contributed by atoms with van der Waals surface area (Å²) in [5.41, 5.74) is 6.66. The predicted molar refractivity (Wildman–Crippen MR) is 69.7 cm³/mol. The summed E-state index contributed by atoms with van der Waals surface area (Å²) in [5.74, 6) is 0.831. The van der Waals surface area contributed by atoms with Gasteiger partial charge in [-0.1, -0.05) is 0 Å². The number of aromatic amines is 1. The molecule has 7 heteroatoms. The number of benzene rings is 1. The third-order valence-corrected chi connectivity index (χ3v) is 2.69. The number of carbonyl (C=O) groups is 1. The zero-order valence-corrected chi connectivity index (χ0v) is 10.7. The molecule has 0 saturated carbocycles. The monoisotopic (exact) mass is 261 g/mol. The van der Waals surface area contributed by atoms with Crippen LogP contribution in [0.15, 0.2) is 24.5 Å². The lowest BCUT2D eigenvalue weighted by atomic mass is 10.1. The van der Waals surface area contributed by atoms with Crippen LogP contribution in [-0.2, 0) is 0 Å². The molecule has 0 fully saturated rings. The molecule has 7 nitrogen and oxygen atoms in total. The Kier molecular flexibility index (Phi) is 3.65. The number of nitrogens with one attached hydrogen (secondary N) is 2. The fourth-order valence-corrected chi connectivity index (χ4v) is 1.62. The summed E-state index contributed by atoms with van der Waals surface area (Å²) < 4.78 is 5.08. The molecule has 100 valence electrons. The quantitative estimate of drug-likeness (QED) is 0.708. The van der Waals surface area contributed by atoms with Crippen molar-refractivity contribution in [2.24, 2.45) is 0 Å². The Morgan fingerprint density at radius 1 is 1.53 bits per heavy atom. The lowest BCUT2D eigenvalue weighted by Gasteiger charge is -2.12. The van der Waals surface area contributed by atoms with E-state index in [1.54, 1.807) is 18.2 Å². The van der Waals surface area contributed by atoms with E-state index in [4.69, 9.17) is 10.5 Å². The first kappa shape index (κ1) is 12.9. The van der Waals surface area contributed by atoms with Crippen LogP contribution in [0.3, 0.4) is 0 Å². The normalized spacial score (nSPS) is 11.9. The van der Waals surface area contributed by atoms with Gasteiger partial charge >= 0.3 is 0 Å². The van der Waals surface area contributed by atoms with Crippen LogP contribution >= 0.6 is 0 Å². The second-order valence-electron chi connectivity index (χ2n) is 4.02. The maximum Gasteiger partial charge on any atom is 0.251 e. The molecule has 2 rings (SSSR count). The van der Waals surface area contributed by atoms with Gasteiger partial charge in [0.15, 0.2) is 0 Å². The lowest BCUT2D eigenvalue weighted by molar-refractivity contribution is 0.0938. The molecule has 0 aliphatic heterocycles. The Morgan fingerprint density at radius 3 is 2.95 bits per heavy atom. The molecule has 0 radical (unpaired) electrons. The summed E-state index contributed by atoms with van der Waals surface area (Å²) in [6.45, 7) is 1.81. The van der Waals surface area contributed by atoms with Gasteiger partial charge in [-0.05, 0) is 25.1 Å². The van der Waals surface area contributed by atoms with Crippen molar-refractivity contribution < 1.29 is 9.53 Å². The first-order chi connectivity index (χ1) is 9.11. The van der Waals surface area contributed by atoms with Gasteiger partial charge in [-0.25, -0.2) is 4.98 Å². The number of carbonyl (C=O) groups excluding carboxylic acids is 1. The summed E-state index contributed by atoms with van der Waals surface area (Å²) >= 11 is 0. The molecule has 1 unspecified atom stereocenters. The van der Waals surface area contributed by atoms with Crippen LogP contribution in [0.1, 0.15) is 29.1 Å². The van der Waals surface area contributed by atoms with Crippen LogP contribution in [0.4, 0.5) is 5.69 Å². The highest BCUT2D eigenvalue weighted by Crippen LogP contribution is 2.22. The van der Waals surface area contributed by atoms with Crippen molar-refractivity contribution in [3.8, 4) is 5.75 Å². The standard InChI is InChI=1S/C12H15N5O2/c1-7(11-14-6-15-17-11)16-12(18)8-3-4-9(13)10(5-8)19-2/h3-7H,13H2,1-2H3,(H,16,18)(H,14,15,17). The highest BCUT2D eigenvalue weighted by Gasteiger charge is 2.14. The number of hydrogen-bond acceptors (Lipinski definition) is 5. The Bertz CT molecular complexity index is 568. The molecule has 0 bridgehead atoms. The van der Waals surface area contributed by atoms with Crippen molar-refractivity contribution in [1.82, 2.24) is 20.5 Å². The third kappa shape index (κ3) is 2.82. The smallest absolute Gasteiger partial charge is 0.251 e. The minimum atomic E-state index is -0.265. The number of rotatable bonds is 4. The second kappa shape index (κ2) is 5.38. The maximum absolute atomic E-state index is 12.1. The van der Waals surface area contributed by atoms with E-state index in [0.29, 0.717) is 22.8 Å². The molecule has 0 aliphatic rings. The van der Waals surface area contributed by atoms with Crippen LogP contribution in [0.2, 0.25) is 0 Å². The number of methoxy groups -OCH3 is 1. The van der Waals surface area contributed by atoms with Gasteiger partial charge in [-0.2, -0.15) is 5.10 Å². The van der Waals surface area contributed by atoms with Crippen molar-refractivity contribution in [2.45, 2.75) is 13.0 Å². The molecule has 1 aromatic carbocycles. The van der Waals surface area contributed by atoms with Gasteiger partial charge in [-0.15, -0.1) is 0 Å². The number of nitrogen functional groups attached to an aromatic ring is 1. The first-order valence-corrected chi connectivity index (χ1v) is 5.71. The molecular formula is C12H15N5O2. The summed E-state index contributed by atoms with van der Waals surface area (Å²) in [6, 6.07) is 4.60. The van der Waals surface area contributed by atoms with Crippen molar-refractivity contribution >= 4 is 11.6 Å². The van der Waals surface area contributed by atoms with E-state index in [-0.39, 0.29) is 11.9 Å². The second-order valence-corrected chi connectivity index (χ2v) is 4.02. The van der Waals surface area contributed by atoms with E-state index in [1.807, 2.05) is 6.92 Å². The SMILES string of the molecule is COc1cc(C(=O)NC(C)c2ncn[nH]2)ccc1N. The van der Waals surface area contributed by atoms with Gasteiger partial charge in [0.2, 0.25) is 0 Å². The number of amides is 1. The molecule has 1 heterocycles. The maximum atomic E-state index is 12.1. The molecule has 0 aliphatic carbocycles. The van der Waals surface area contributed by atoms with E-state index in [2.05, 4.69) is 20.5 Å². The van der Waals surface area contributed by atoms with Gasteiger partial charge in [0, 0.05) is 5.56 Å². The van der Waals surface area contributed by atoms with Crippen LogP contribution in [0, 0.1) is 0 Å². The fraction of sp³-hybridized carbons (Fsp3) is 0.250. The zero-order valence-electron chi connectivity index (χ0n) is 10.7. The predicted octanol–water partition coefficient (Wildman–Crippen LogP) is 0.887. The average molecular weight is 261 g/mol. The van der Waals surface area contributed by atoms with E-state index in [1.165, 1.54) is 13.4 Å². The average Bonchev–Trinajstić information content (AvgIpc) is 2.93. The van der Waals surface area contributed by atoms with Crippen LogP contribution in [-0.4, -0.2) is 28.2 Å². The lowest BCUT2D eigenvalue weighted by Crippen LogP contribution is -2.27. The highest BCUT2D eigenvalue weighted by molar-refractivity contribution is 5.95. The number of H-pyrrole nitrogens is 1. The molecule has 2 aromatic rings. The number of aromatic nitrogens is 3. The Labute approximate surface area is 110 Å². The topological polar surface area (TPSA) is 106 Å². The Hall–Kier alpha value is -2.57. The molecule has 1 amide bonds. The van der Waals surface area contributed by atoms with Crippen LogP contribution in [0.25, 0.3) is 0 Å². The minimum Gasteiger partial charge on any atom is -0.495 e. The largest absolute Gasteiger partial charge is 0.495 e. The van der Waals surface area contributed by atoms with Gasteiger partial charge < -0.3 is 15.8 Å². The number of hydrogen-bond donors (Lipinski definition) is 3. The van der Waals surface area contributed by atoms with Gasteiger partial charge in [0.1, 0.15) is 17.9 Å². The van der Waals surface area contributed by atoms with Crippen LogP contribution < -0.4 is 15.8 Å². The van der Waals surface area contributed by atoms with E-state index >= 15 is 0 Å². The van der Waals surface area contributed by atoms with Gasteiger partial charge in [0.25, 0.3) is 5.91 Å². The van der Waals surface area contributed by atoms with Crippen molar-refractivity contribution in [3.05, 3.63) is 35.9 Å². The van der Waals surface area contributed by atoms with E-state index in [0.717, 1.165) is 0 Å². The van der Waals surface area contributed by atoms with Crippen molar-refractivity contribution in [2.75, 3.05) is 12.8 Å². The van der Waals surface area contributed by atoms with E-state index < -0.39 is 0 Å². The molecule has 4 N–H and O–H groups in total. The van der Waals surface area contributed by atoms with Gasteiger partial charge in [0.05, 0.1) is 18.8 Å². The van der Waals surface area contributed by atoms with Gasteiger partial charge in [-0.3, -0.25) is 9.89 Å². The number of ether oxygens (including phenoxy) is 1. The van der Waals surface area contributed by atoms with Crippen molar-refractivity contribution in [1.29, 1.82) is 0 Å². The number of nitrogens with two attached hydrogens (primary N) is 1. The molecule has 19 heavy (non-hydrogen) atoms. The summed E-state index contributed by atoms with van der Waals surface area (Å²) in [6.07, 6.45) is 1.39. The highest BCUT2D eigenvalue weighted by atomic mass is 16.5. The third-order valence-electron chi connectivity index (χ3n) is 2.69. The Morgan fingerprint density at radius 2 is 2.32 bits per heavy atom. The van der Waals surface area contributed by atoms with E-state index in [9.17, 15) is 4.79 Å². The zero-order chi connectivity index (χ0) is 13.8. The fourth-order valence-electron chi connectivity index (χ4n) is 1.62. The number of nitrogens with zero attached hydrogens (tertiary/aromatic N) is 2. The molecule has 0 saturated heterocycles. The van der Waals surface area contributed by atoms with Crippen molar-refractivity contribution in [3.63, 3.8) is 0 Å². The number of anilines is 1. The summed E-state index contributed by atoms with van der Waals surface area (Å²) in [4.78, 5) is 16.0. The Balaban J connectivity index is 2.12. The molecule has 1 aromatic heterocycles. The first-order valence-electron chi connectivity index (χ1n) is 5.71. The summed E-state index contributed by atoms with van der Waals surface area (Å²) in [5, 5.41) is 9.24. The summed E-state index contributed by atoms with van der Waals surface area (Å²) in [7, 11) is 1.50.